The molecule has 2 atom stereocenters. The van der Waals surface area contributed by atoms with E-state index >= 15 is 0 Å². The minimum absolute atomic E-state index is 0.0759. The smallest absolute Gasteiger partial charge is 0.369 e. The summed E-state index contributed by atoms with van der Waals surface area (Å²) in [5, 5.41) is 24.4. The van der Waals surface area contributed by atoms with Crippen LogP contribution in [0, 0.1) is 18.3 Å². The number of hydrogen-bond donors (Lipinski definition) is 3. The lowest BCUT2D eigenvalue weighted by atomic mass is 9.84. The van der Waals surface area contributed by atoms with Crippen LogP contribution >= 0.6 is 0 Å². The van der Waals surface area contributed by atoms with Crippen molar-refractivity contribution in [3.8, 4) is 0 Å². The first kappa shape index (κ1) is 24.2. The van der Waals surface area contributed by atoms with Gasteiger partial charge in [0.05, 0.1) is 5.52 Å². The van der Waals surface area contributed by atoms with Gasteiger partial charge in [0.25, 0.3) is 0 Å². The van der Waals surface area contributed by atoms with Crippen LogP contribution < -0.4 is 10.6 Å². The summed E-state index contributed by atoms with van der Waals surface area (Å²) < 4.78 is 0. The van der Waals surface area contributed by atoms with E-state index in [1.54, 1.807) is 6.92 Å². The molecule has 1 fully saturated rings. The monoisotopic (exact) mass is 438 g/mol. The maximum atomic E-state index is 8.39. The van der Waals surface area contributed by atoms with Crippen molar-refractivity contribution in [3.63, 3.8) is 0 Å². The van der Waals surface area contributed by atoms with Crippen molar-refractivity contribution in [2.75, 3.05) is 11.9 Å². The number of pyridine rings is 1. The van der Waals surface area contributed by atoms with Crippen molar-refractivity contribution in [2.24, 2.45) is 10.9 Å². The molecular weight excluding hydrogens is 398 g/mol. The quantitative estimate of drug-likeness (QED) is 0.287. The zero-order valence-corrected chi connectivity index (χ0v) is 20.1. The van der Waals surface area contributed by atoms with Gasteiger partial charge in [0.15, 0.2) is 0 Å². The predicted molar refractivity (Wildman–Crippen MR) is 136 cm³/mol. The van der Waals surface area contributed by atoms with Gasteiger partial charge in [-0.25, -0.2) is 4.98 Å². The number of aryl methyl sites for hydroxylation is 1. The largest absolute Gasteiger partial charge is 0.578 e. The van der Waals surface area contributed by atoms with Gasteiger partial charge in [-0.05, 0) is 70.6 Å². The fourth-order valence-electron chi connectivity index (χ4n) is 4.75. The Kier molecular flexibility index (Phi) is 8.62. The Labute approximate surface area is 192 Å². The van der Waals surface area contributed by atoms with Crippen molar-refractivity contribution < 1.29 is 5.11 Å². The number of nitrogens with one attached hydrogen (secondary N) is 3. The fraction of sp³-hybridized carbons (Fsp3) is 0.577. The van der Waals surface area contributed by atoms with Crippen molar-refractivity contribution in [1.29, 1.82) is 5.41 Å². The van der Waals surface area contributed by atoms with E-state index in [0.29, 0.717) is 23.5 Å². The van der Waals surface area contributed by atoms with Crippen LogP contribution in [0.5, 0.6) is 0 Å². The van der Waals surface area contributed by atoms with Gasteiger partial charge in [-0.1, -0.05) is 37.8 Å². The highest BCUT2D eigenvalue weighted by atomic mass is 16.3. The number of hydrogen-bond acceptors (Lipinski definition) is 4. The summed E-state index contributed by atoms with van der Waals surface area (Å²) in [5.41, 5.74) is 2.70. The molecule has 6 heteroatoms. The van der Waals surface area contributed by atoms with Gasteiger partial charge in [-0.3, -0.25) is 5.41 Å². The summed E-state index contributed by atoms with van der Waals surface area (Å²) in [6, 6.07) is 9.13. The van der Waals surface area contributed by atoms with Gasteiger partial charge in [-0.2, -0.15) is 4.99 Å². The molecule has 0 spiro atoms. The lowest BCUT2D eigenvalue weighted by Crippen LogP contribution is -2.42. The van der Waals surface area contributed by atoms with E-state index in [-0.39, 0.29) is 11.7 Å². The summed E-state index contributed by atoms with van der Waals surface area (Å²) in [6.07, 6.45) is 8.93. The molecule has 0 saturated heterocycles. The van der Waals surface area contributed by atoms with Gasteiger partial charge in [0.2, 0.25) is 0 Å². The lowest BCUT2D eigenvalue weighted by molar-refractivity contribution is 0.259. The maximum absolute atomic E-state index is 8.39. The molecule has 1 aliphatic rings. The summed E-state index contributed by atoms with van der Waals surface area (Å²) >= 11 is 0. The van der Waals surface area contributed by atoms with Crippen molar-refractivity contribution >= 4 is 28.5 Å². The van der Waals surface area contributed by atoms with E-state index in [4.69, 9.17) is 15.5 Å². The molecule has 32 heavy (non-hydrogen) atoms. The highest BCUT2D eigenvalue weighted by Crippen LogP contribution is 2.27. The normalized spacial score (nSPS) is 17.3. The number of fused-ring (bicyclic) bond motifs is 1. The second kappa shape index (κ2) is 11.4. The molecule has 0 amide bonds. The van der Waals surface area contributed by atoms with E-state index in [1.807, 2.05) is 12.1 Å². The Morgan fingerprint density at radius 1 is 1.25 bits per heavy atom. The van der Waals surface area contributed by atoms with Crippen LogP contribution in [0.3, 0.4) is 0 Å². The first-order valence-corrected chi connectivity index (χ1v) is 12.1. The average Bonchev–Trinajstić information content (AvgIpc) is 2.78. The van der Waals surface area contributed by atoms with Gasteiger partial charge in [-0.15, -0.1) is 0 Å². The third-order valence-corrected chi connectivity index (χ3v) is 6.64. The predicted octanol–water partition coefficient (Wildman–Crippen LogP) is 5.15. The van der Waals surface area contributed by atoms with Crippen LogP contribution in [0.1, 0.15) is 76.8 Å². The number of nitrogens with zero attached hydrogens (tertiary/aromatic N) is 2. The molecule has 6 nitrogen and oxygen atoms in total. The Bertz CT molecular complexity index is 949. The van der Waals surface area contributed by atoms with Crippen LogP contribution in [0.25, 0.3) is 10.9 Å². The molecule has 0 bridgehead atoms. The maximum Gasteiger partial charge on any atom is 0.369 e. The SMILES string of the molecule is CCC(CCNc1nc2ccc(C)cc2cc1C([OH2+])=NC(C)=N)NC(C)C1CCCCC1. The van der Waals surface area contributed by atoms with E-state index < -0.39 is 0 Å². The van der Waals surface area contributed by atoms with Gasteiger partial charge in [0, 0.05) is 24.0 Å². The van der Waals surface area contributed by atoms with Crippen molar-refractivity contribution in [3.05, 3.63) is 35.4 Å². The Morgan fingerprint density at radius 2 is 2.00 bits per heavy atom. The molecule has 1 aromatic heterocycles. The molecule has 2 aromatic rings. The molecule has 3 rings (SSSR count). The number of aromatic nitrogens is 1. The molecule has 174 valence electrons. The Hall–Kier alpha value is -2.47. The second-order valence-corrected chi connectivity index (χ2v) is 9.30. The summed E-state index contributed by atoms with van der Waals surface area (Å²) in [7, 11) is 0. The fourth-order valence-corrected chi connectivity index (χ4v) is 4.75. The minimum atomic E-state index is 0.0759. The Balaban J connectivity index is 1.70. The lowest BCUT2D eigenvalue weighted by Gasteiger charge is -2.31. The van der Waals surface area contributed by atoms with Crippen molar-refractivity contribution in [1.82, 2.24) is 10.3 Å². The molecule has 1 heterocycles. The van der Waals surface area contributed by atoms with Crippen LogP contribution in [-0.4, -0.2) is 40.5 Å². The molecule has 2 unspecified atom stereocenters. The van der Waals surface area contributed by atoms with Gasteiger partial charge >= 0.3 is 5.90 Å². The highest BCUT2D eigenvalue weighted by Gasteiger charge is 2.22. The number of anilines is 1. The summed E-state index contributed by atoms with van der Waals surface area (Å²) in [4.78, 5) is 8.86. The van der Waals surface area contributed by atoms with Gasteiger partial charge in [0.1, 0.15) is 17.2 Å². The Morgan fingerprint density at radius 3 is 2.69 bits per heavy atom. The zero-order chi connectivity index (χ0) is 23.1. The number of benzene rings is 1. The highest BCUT2D eigenvalue weighted by molar-refractivity contribution is 6.05. The first-order valence-electron chi connectivity index (χ1n) is 12.1. The molecule has 0 radical (unpaired) electrons. The summed E-state index contributed by atoms with van der Waals surface area (Å²) in [5.74, 6) is 1.67. The van der Waals surface area contributed by atoms with Crippen LogP contribution in [0.4, 0.5) is 5.82 Å². The topological polar surface area (TPSA) is 96.1 Å². The van der Waals surface area contributed by atoms with Crippen LogP contribution in [0.2, 0.25) is 0 Å². The molecule has 1 saturated carbocycles. The molecule has 1 aromatic carbocycles. The third kappa shape index (κ3) is 6.52. The summed E-state index contributed by atoms with van der Waals surface area (Å²) in [6.45, 7) is 9.01. The van der Waals surface area contributed by atoms with E-state index in [2.05, 4.69) is 48.5 Å². The molecular formula is C26H40N5O+. The van der Waals surface area contributed by atoms with Crippen LogP contribution in [-0.2, 0) is 0 Å². The third-order valence-electron chi connectivity index (χ3n) is 6.64. The first-order chi connectivity index (χ1) is 15.4. The molecule has 5 N–H and O–H groups in total. The molecule has 1 aliphatic carbocycles. The van der Waals surface area contributed by atoms with Crippen LogP contribution in [0.15, 0.2) is 29.3 Å². The van der Waals surface area contributed by atoms with E-state index in [9.17, 15) is 0 Å². The van der Waals surface area contributed by atoms with Crippen molar-refractivity contribution in [2.45, 2.75) is 84.7 Å². The second-order valence-electron chi connectivity index (χ2n) is 9.30. The number of rotatable bonds is 9. The molecule has 0 aliphatic heterocycles. The standard InChI is InChI=1S/C26H39N5O/c1-5-22(29-18(3)20-9-7-6-8-10-20)13-14-28-25-23(26(32)30-19(4)27)16-21-15-17(2)11-12-24(21)31-25/h11-12,15-16,18,20,22,29H,5-10,13-14H2,1-4H3,(H,28,31)(H2,27,30,32)/p+1. The van der Waals surface area contributed by atoms with E-state index in [0.717, 1.165) is 41.8 Å². The number of aliphatic imine (C=N–C) groups is 1. The van der Waals surface area contributed by atoms with E-state index in [1.165, 1.54) is 32.1 Å². The number of amidine groups is 1. The average molecular weight is 439 g/mol. The minimum Gasteiger partial charge on any atom is -0.578 e. The zero-order valence-electron chi connectivity index (χ0n) is 20.1. The van der Waals surface area contributed by atoms with Gasteiger partial charge < -0.3 is 15.7 Å².